The molecule has 1 aromatic rings. The van der Waals surface area contributed by atoms with Crippen LogP contribution in [0.15, 0.2) is 23.9 Å². The van der Waals surface area contributed by atoms with Crippen molar-refractivity contribution >= 4 is 6.08 Å². The van der Waals surface area contributed by atoms with E-state index in [-0.39, 0.29) is 0 Å². The summed E-state index contributed by atoms with van der Waals surface area (Å²) in [6.07, 6.45) is 4.04. The van der Waals surface area contributed by atoms with Gasteiger partial charge in [0, 0.05) is 24.8 Å². The Balaban J connectivity index is 2.79. The second-order valence-electron chi connectivity index (χ2n) is 5.04. The molecule has 0 fully saturated rings. The third kappa shape index (κ3) is 4.88. The Morgan fingerprint density at radius 2 is 2.06 bits per heavy atom. The average molecular weight is 248 g/mol. The molecule has 0 spiro atoms. The van der Waals surface area contributed by atoms with Crippen molar-refractivity contribution in [1.82, 2.24) is 10.3 Å². The highest BCUT2D eigenvalue weighted by Gasteiger charge is 2.04. The maximum atomic E-state index is 5.06. The van der Waals surface area contributed by atoms with Crippen LogP contribution < -0.4 is 10.1 Å². The van der Waals surface area contributed by atoms with Crippen molar-refractivity contribution in [2.24, 2.45) is 5.92 Å². The first-order valence-electron chi connectivity index (χ1n) is 6.46. The molecule has 1 N–H and O–H groups in total. The van der Waals surface area contributed by atoms with Crippen LogP contribution in [-0.4, -0.2) is 24.7 Å². The third-order valence-electron chi connectivity index (χ3n) is 2.78. The van der Waals surface area contributed by atoms with Crippen molar-refractivity contribution in [2.45, 2.75) is 33.7 Å². The number of rotatable bonds is 6. The molecule has 0 aliphatic rings. The Bertz CT molecular complexity index is 380. The molecule has 0 aromatic carbocycles. The van der Waals surface area contributed by atoms with Gasteiger partial charge in [0.15, 0.2) is 0 Å². The quantitative estimate of drug-likeness (QED) is 0.840. The highest BCUT2D eigenvalue weighted by atomic mass is 16.5. The lowest BCUT2D eigenvalue weighted by Gasteiger charge is -2.15. The first-order valence-corrected chi connectivity index (χ1v) is 6.46. The molecule has 1 heterocycles. The molecule has 0 bridgehead atoms. The van der Waals surface area contributed by atoms with Gasteiger partial charge in [-0.1, -0.05) is 39.3 Å². The van der Waals surface area contributed by atoms with E-state index in [1.54, 1.807) is 7.11 Å². The number of aromatic nitrogens is 1. The molecule has 0 unspecified atom stereocenters. The summed E-state index contributed by atoms with van der Waals surface area (Å²) >= 11 is 0. The Hall–Kier alpha value is -1.35. The van der Waals surface area contributed by atoms with E-state index in [4.69, 9.17) is 4.74 Å². The zero-order valence-electron chi connectivity index (χ0n) is 12.0. The van der Waals surface area contributed by atoms with Gasteiger partial charge in [-0.05, 0) is 17.5 Å². The van der Waals surface area contributed by atoms with Gasteiger partial charge < -0.3 is 10.1 Å². The predicted octanol–water partition coefficient (Wildman–Crippen LogP) is 3.13. The molecular weight excluding hydrogens is 224 g/mol. The summed E-state index contributed by atoms with van der Waals surface area (Å²) in [6, 6.07) is 4.42. The first kappa shape index (κ1) is 14.7. The Morgan fingerprint density at radius 1 is 1.33 bits per heavy atom. The highest BCUT2D eigenvalue weighted by Crippen LogP contribution is 2.15. The van der Waals surface area contributed by atoms with Crippen LogP contribution in [0.3, 0.4) is 0 Å². The lowest BCUT2D eigenvalue weighted by atomic mass is 10.0. The van der Waals surface area contributed by atoms with Crippen LogP contribution in [0.2, 0.25) is 0 Å². The normalized spacial score (nSPS) is 12.3. The van der Waals surface area contributed by atoms with Gasteiger partial charge in [0.2, 0.25) is 5.88 Å². The molecule has 0 amide bonds. The average Bonchev–Trinajstić information content (AvgIpc) is 2.34. The molecule has 3 nitrogen and oxygen atoms in total. The fourth-order valence-electron chi connectivity index (χ4n) is 1.56. The van der Waals surface area contributed by atoms with Gasteiger partial charge in [0.05, 0.1) is 7.11 Å². The lowest BCUT2D eigenvalue weighted by molar-refractivity contribution is 0.398. The van der Waals surface area contributed by atoms with Gasteiger partial charge in [0.1, 0.15) is 0 Å². The zero-order valence-corrected chi connectivity index (χ0v) is 12.0. The minimum Gasteiger partial charge on any atom is -0.481 e. The molecule has 0 aliphatic carbocycles. The topological polar surface area (TPSA) is 34.1 Å². The summed E-state index contributed by atoms with van der Waals surface area (Å²) < 4.78 is 5.06. The van der Waals surface area contributed by atoms with E-state index in [0.717, 1.165) is 12.1 Å². The molecule has 100 valence electrons. The third-order valence-corrected chi connectivity index (χ3v) is 2.78. The van der Waals surface area contributed by atoms with Gasteiger partial charge >= 0.3 is 0 Å². The number of methoxy groups -OCH3 is 1. The molecule has 0 saturated carbocycles. The van der Waals surface area contributed by atoms with Gasteiger partial charge in [0.25, 0.3) is 0 Å². The predicted molar refractivity (Wildman–Crippen MR) is 76.7 cm³/mol. The summed E-state index contributed by atoms with van der Waals surface area (Å²) in [4.78, 5) is 4.22. The monoisotopic (exact) mass is 248 g/mol. The Kier molecular flexibility index (Phi) is 5.86. The van der Waals surface area contributed by atoms with Crippen LogP contribution in [0.1, 0.15) is 33.3 Å². The van der Waals surface area contributed by atoms with E-state index in [2.05, 4.69) is 44.1 Å². The van der Waals surface area contributed by atoms with Crippen LogP contribution in [0.5, 0.6) is 5.88 Å². The molecule has 0 aliphatic heterocycles. The van der Waals surface area contributed by atoms with Crippen molar-refractivity contribution in [3.05, 3.63) is 29.5 Å². The number of ether oxygens (including phenoxy) is 1. The summed E-state index contributed by atoms with van der Waals surface area (Å²) in [7, 11) is 1.63. The molecule has 0 radical (unpaired) electrons. The lowest BCUT2D eigenvalue weighted by Crippen LogP contribution is -2.26. The summed E-state index contributed by atoms with van der Waals surface area (Å²) in [6.45, 7) is 9.66. The van der Waals surface area contributed by atoms with Gasteiger partial charge in [-0.2, -0.15) is 0 Å². The van der Waals surface area contributed by atoms with Crippen molar-refractivity contribution in [3.63, 3.8) is 0 Å². The minimum absolute atomic E-state index is 0.501. The van der Waals surface area contributed by atoms with E-state index >= 15 is 0 Å². The highest BCUT2D eigenvalue weighted by molar-refractivity contribution is 5.53. The number of pyridine rings is 1. The van der Waals surface area contributed by atoms with E-state index in [9.17, 15) is 0 Å². The van der Waals surface area contributed by atoms with Crippen LogP contribution in [0.25, 0.3) is 6.08 Å². The maximum absolute atomic E-state index is 5.06. The number of hydrogen-bond acceptors (Lipinski definition) is 3. The van der Waals surface area contributed by atoms with E-state index in [0.29, 0.717) is 17.8 Å². The smallest absolute Gasteiger partial charge is 0.212 e. The molecule has 0 atom stereocenters. The van der Waals surface area contributed by atoms with Crippen LogP contribution in [-0.2, 0) is 0 Å². The second-order valence-corrected chi connectivity index (χ2v) is 5.04. The fourth-order valence-corrected chi connectivity index (χ4v) is 1.56. The van der Waals surface area contributed by atoms with E-state index in [1.165, 1.54) is 5.57 Å². The SMILES string of the molecule is COc1ccc(/C=C(/CNC(C)C)C(C)C)cn1. The summed E-state index contributed by atoms with van der Waals surface area (Å²) in [5, 5.41) is 3.46. The van der Waals surface area contributed by atoms with Crippen LogP contribution in [0.4, 0.5) is 0 Å². The second kappa shape index (κ2) is 7.17. The number of nitrogens with one attached hydrogen (secondary N) is 1. The fraction of sp³-hybridized carbons (Fsp3) is 0.533. The van der Waals surface area contributed by atoms with Gasteiger partial charge in [-0.25, -0.2) is 4.98 Å². The van der Waals surface area contributed by atoms with E-state index in [1.807, 2.05) is 18.3 Å². The van der Waals surface area contributed by atoms with Crippen molar-refractivity contribution < 1.29 is 4.74 Å². The molecule has 1 rings (SSSR count). The standard InChI is InChI=1S/C15H24N2O/c1-11(2)14(10-16-12(3)4)8-13-6-7-15(18-5)17-9-13/h6-9,11-12,16H,10H2,1-5H3/b14-8-. The first-order chi connectivity index (χ1) is 8.52. The summed E-state index contributed by atoms with van der Waals surface area (Å²) in [5.41, 5.74) is 2.50. The van der Waals surface area contributed by atoms with Crippen molar-refractivity contribution in [2.75, 3.05) is 13.7 Å². The summed E-state index contributed by atoms with van der Waals surface area (Å²) in [5.74, 6) is 1.18. The van der Waals surface area contributed by atoms with Crippen LogP contribution in [0, 0.1) is 5.92 Å². The number of nitrogens with zero attached hydrogens (tertiary/aromatic N) is 1. The molecule has 18 heavy (non-hydrogen) atoms. The van der Waals surface area contributed by atoms with Crippen molar-refractivity contribution in [3.8, 4) is 5.88 Å². The Labute approximate surface area is 110 Å². The van der Waals surface area contributed by atoms with Gasteiger partial charge in [-0.3, -0.25) is 0 Å². The van der Waals surface area contributed by atoms with Crippen LogP contribution >= 0.6 is 0 Å². The molecule has 3 heteroatoms. The zero-order chi connectivity index (χ0) is 13.5. The number of hydrogen-bond donors (Lipinski definition) is 1. The van der Waals surface area contributed by atoms with E-state index < -0.39 is 0 Å². The Morgan fingerprint density at radius 3 is 2.50 bits per heavy atom. The minimum atomic E-state index is 0.501. The molecular formula is C15H24N2O. The van der Waals surface area contributed by atoms with Gasteiger partial charge in [-0.15, -0.1) is 0 Å². The largest absolute Gasteiger partial charge is 0.481 e. The molecule has 0 saturated heterocycles. The molecule has 1 aromatic heterocycles. The van der Waals surface area contributed by atoms with Crippen molar-refractivity contribution in [1.29, 1.82) is 0 Å². The maximum Gasteiger partial charge on any atom is 0.212 e.